The Morgan fingerprint density at radius 3 is 2.00 bits per heavy atom. The Labute approximate surface area is 64.4 Å². The van der Waals surface area contributed by atoms with Crippen LogP contribution in [0.2, 0.25) is 0 Å². The van der Waals surface area contributed by atoms with Gasteiger partial charge in [0, 0.05) is 0 Å². The molecule has 62 valence electrons. The lowest BCUT2D eigenvalue weighted by molar-refractivity contribution is -0.00743. The number of hydrogen-bond donors (Lipinski definition) is 0. The Kier molecular flexibility index (Phi) is 1.32. The molecule has 2 saturated heterocycles. The fraction of sp³-hybridized carbons (Fsp3) is 0.857. The summed E-state index contributed by atoms with van der Waals surface area (Å²) in [7, 11) is 0. The fourth-order valence-electron chi connectivity index (χ4n) is 1.60. The average Bonchev–Trinajstić information content (AvgIpc) is 2.38. The van der Waals surface area contributed by atoms with E-state index in [9.17, 15) is 4.79 Å². The van der Waals surface area contributed by atoms with Gasteiger partial charge in [0.1, 0.15) is 0 Å². The van der Waals surface area contributed by atoms with Crippen LogP contribution in [0.25, 0.3) is 0 Å². The standard InChI is InChI=1S/C7H10O4/c1-3-5-6(4(2)9-3)11-7(8)10-5/h3-6H,1-2H3/t3-,4?,5?,6-/m1/s1. The Morgan fingerprint density at radius 2 is 1.55 bits per heavy atom. The zero-order valence-corrected chi connectivity index (χ0v) is 6.44. The van der Waals surface area contributed by atoms with E-state index in [1.54, 1.807) is 0 Å². The van der Waals surface area contributed by atoms with Crippen molar-refractivity contribution in [3.05, 3.63) is 0 Å². The fourth-order valence-corrected chi connectivity index (χ4v) is 1.60. The highest BCUT2D eigenvalue weighted by molar-refractivity contribution is 5.63. The van der Waals surface area contributed by atoms with Crippen molar-refractivity contribution in [2.45, 2.75) is 38.3 Å². The predicted molar refractivity (Wildman–Crippen MR) is 35.2 cm³/mol. The van der Waals surface area contributed by atoms with E-state index in [2.05, 4.69) is 0 Å². The second-order valence-electron chi connectivity index (χ2n) is 2.96. The van der Waals surface area contributed by atoms with Gasteiger partial charge in [-0.05, 0) is 13.8 Å². The van der Waals surface area contributed by atoms with Gasteiger partial charge < -0.3 is 14.2 Å². The van der Waals surface area contributed by atoms with Gasteiger partial charge in [0.15, 0.2) is 12.2 Å². The maximum atomic E-state index is 10.6. The third-order valence-electron chi connectivity index (χ3n) is 2.14. The highest BCUT2D eigenvalue weighted by atomic mass is 16.8. The van der Waals surface area contributed by atoms with Crippen LogP contribution in [0, 0.1) is 0 Å². The largest absolute Gasteiger partial charge is 0.509 e. The third kappa shape index (κ3) is 0.894. The maximum Gasteiger partial charge on any atom is 0.509 e. The summed E-state index contributed by atoms with van der Waals surface area (Å²) >= 11 is 0. The summed E-state index contributed by atoms with van der Waals surface area (Å²) in [5.41, 5.74) is 0. The molecule has 2 fully saturated rings. The summed E-state index contributed by atoms with van der Waals surface area (Å²) in [5.74, 6) is 0. The number of ether oxygens (including phenoxy) is 3. The van der Waals surface area contributed by atoms with Crippen LogP contribution in [0.15, 0.2) is 0 Å². The lowest BCUT2D eigenvalue weighted by atomic mass is 10.1. The molecule has 0 aromatic rings. The SMILES string of the molecule is CC1O[C@H](C)C2OC(=O)O[C@H]12. The van der Waals surface area contributed by atoms with Gasteiger partial charge in [-0.1, -0.05) is 0 Å². The molecule has 2 heterocycles. The van der Waals surface area contributed by atoms with Crippen LogP contribution in [-0.2, 0) is 14.2 Å². The zero-order valence-electron chi connectivity index (χ0n) is 6.44. The van der Waals surface area contributed by atoms with E-state index in [-0.39, 0.29) is 24.4 Å². The van der Waals surface area contributed by atoms with Crippen LogP contribution < -0.4 is 0 Å². The van der Waals surface area contributed by atoms with Gasteiger partial charge in [0.2, 0.25) is 0 Å². The quantitative estimate of drug-likeness (QED) is 0.487. The Morgan fingerprint density at radius 1 is 1.09 bits per heavy atom. The summed E-state index contributed by atoms with van der Waals surface area (Å²) in [6.45, 7) is 3.76. The van der Waals surface area contributed by atoms with Gasteiger partial charge >= 0.3 is 6.16 Å². The Bertz CT molecular complexity index is 173. The molecule has 0 bridgehead atoms. The Balaban J connectivity index is 2.16. The molecule has 0 aromatic heterocycles. The second kappa shape index (κ2) is 2.11. The van der Waals surface area contributed by atoms with E-state index in [1.165, 1.54) is 0 Å². The molecule has 2 rings (SSSR count). The number of hydrogen-bond acceptors (Lipinski definition) is 4. The molecule has 0 amide bonds. The van der Waals surface area contributed by atoms with Crippen LogP contribution in [0.3, 0.4) is 0 Å². The van der Waals surface area contributed by atoms with Crippen LogP contribution in [0.4, 0.5) is 4.79 Å². The minimum absolute atomic E-state index is 0.0403. The molecular formula is C7H10O4. The molecule has 2 aliphatic rings. The topological polar surface area (TPSA) is 44.8 Å². The van der Waals surface area contributed by atoms with Gasteiger partial charge in [-0.2, -0.15) is 0 Å². The van der Waals surface area contributed by atoms with Crippen molar-refractivity contribution in [1.29, 1.82) is 0 Å². The molecule has 0 radical (unpaired) electrons. The van der Waals surface area contributed by atoms with Crippen molar-refractivity contribution < 1.29 is 19.0 Å². The minimum atomic E-state index is -0.568. The summed E-state index contributed by atoms with van der Waals surface area (Å²) in [6.07, 6.45) is -1.04. The number of rotatable bonds is 0. The number of carbonyl (C=O) groups is 1. The molecule has 0 aliphatic carbocycles. The predicted octanol–water partition coefficient (Wildman–Crippen LogP) is 0.698. The molecule has 0 saturated carbocycles. The summed E-state index contributed by atoms with van der Waals surface area (Å²) < 4.78 is 15.1. The van der Waals surface area contributed by atoms with Crippen LogP contribution in [-0.4, -0.2) is 30.6 Å². The summed E-state index contributed by atoms with van der Waals surface area (Å²) in [5, 5.41) is 0. The van der Waals surface area contributed by atoms with E-state index >= 15 is 0 Å². The van der Waals surface area contributed by atoms with Gasteiger partial charge in [-0.25, -0.2) is 4.79 Å². The summed E-state index contributed by atoms with van der Waals surface area (Å²) in [4.78, 5) is 10.6. The monoisotopic (exact) mass is 158 g/mol. The van der Waals surface area contributed by atoms with E-state index in [0.717, 1.165) is 0 Å². The van der Waals surface area contributed by atoms with E-state index in [4.69, 9.17) is 14.2 Å². The highest BCUT2D eigenvalue weighted by Crippen LogP contribution is 2.31. The van der Waals surface area contributed by atoms with Crippen molar-refractivity contribution in [3.8, 4) is 0 Å². The first-order valence-electron chi connectivity index (χ1n) is 3.71. The molecule has 0 aromatic carbocycles. The molecule has 4 nitrogen and oxygen atoms in total. The zero-order chi connectivity index (χ0) is 8.01. The van der Waals surface area contributed by atoms with Crippen LogP contribution in [0.1, 0.15) is 13.8 Å². The highest BCUT2D eigenvalue weighted by Gasteiger charge is 2.50. The molecule has 11 heavy (non-hydrogen) atoms. The third-order valence-corrected chi connectivity index (χ3v) is 2.14. The first-order chi connectivity index (χ1) is 5.18. The lowest BCUT2D eigenvalue weighted by Crippen LogP contribution is -2.27. The van der Waals surface area contributed by atoms with Crippen molar-refractivity contribution in [2.24, 2.45) is 0 Å². The average molecular weight is 158 g/mol. The molecule has 0 N–H and O–H groups in total. The van der Waals surface area contributed by atoms with Gasteiger partial charge in [0.05, 0.1) is 12.2 Å². The first-order valence-corrected chi connectivity index (χ1v) is 3.71. The molecule has 4 heteroatoms. The first kappa shape index (κ1) is 6.91. The minimum Gasteiger partial charge on any atom is -0.424 e. The molecule has 2 aliphatic heterocycles. The van der Waals surface area contributed by atoms with Crippen LogP contribution >= 0.6 is 0 Å². The van der Waals surface area contributed by atoms with Gasteiger partial charge in [-0.15, -0.1) is 0 Å². The van der Waals surface area contributed by atoms with Crippen molar-refractivity contribution in [3.63, 3.8) is 0 Å². The van der Waals surface area contributed by atoms with Crippen molar-refractivity contribution >= 4 is 6.16 Å². The molecule has 2 unspecified atom stereocenters. The molecule has 4 atom stereocenters. The lowest BCUT2D eigenvalue weighted by Gasteiger charge is -2.07. The van der Waals surface area contributed by atoms with E-state index in [0.29, 0.717) is 0 Å². The second-order valence-corrected chi connectivity index (χ2v) is 2.96. The van der Waals surface area contributed by atoms with Crippen molar-refractivity contribution in [2.75, 3.05) is 0 Å². The number of fused-ring (bicyclic) bond motifs is 1. The Hall–Kier alpha value is -0.770. The normalized spacial score (nSPS) is 48.4. The van der Waals surface area contributed by atoms with Crippen LogP contribution in [0.5, 0.6) is 0 Å². The maximum absolute atomic E-state index is 10.6. The van der Waals surface area contributed by atoms with Crippen molar-refractivity contribution in [1.82, 2.24) is 0 Å². The number of carbonyl (C=O) groups excluding carboxylic acids is 1. The van der Waals surface area contributed by atoms with Gasteiger partial charge in [-0.3, -0.25) is 0 Å². The molecular weight excluding hydrogens is 148 g/mol. The smallest absolute Gasteiger partial charge is 0.424 e. The summed E-state index contributed by atoms with van der Waals surface area (Å²) in [6, 6.07) is 0. The van der Waals surface area contributed by atoms with E-state index < -0.39 is 6.16 Å². The molecule has 0 spiro atoms. The van der Waals surface area contributed by atoms with Gasteiger partial charge in [0.25, 0.3) is 0 Å². The van der Waals surface area contributed by atoms with E-state index in [1.807, 2.05) is 13.8 Å².